The van der Waals surface area contributed by atoms with E-state index < -0.39 is 0 Å². The second-order valence-corrected chi connectivity index (χ2v) is 5.77. The van der Waals surface area contributed by atoms with Crippen molar-refractivity contribution in [3.8, 4) is 5.75 Å². The molecule has 1 aromatic carbocycles. The van der Waals surface area contributed by atoms with E-state index in [2.05, 4.69) is 33.3 Å². The molecule has 1 N–H and O–H groups in total. The number of methoxy groups -OCH3 is 1. The summed E-state index contributed by atoms with van der Waals surface area (Å²) in [5, 5.41) is 3.46. The van der Waals surface area contributed by atoms with E-state index >= 15 is 0 Å². The van der Waals surface area contributed by atoms with E-state index in [9.17, 15) is 0 Å². The van der Waals surface area contributed by atoms with Gasteiger partial charge in [-0.1, -0.05) is 18.2 Å². The van der Waals surface area contributed by atoms with Gasteiger partial charge in [0.15, 0.2) is 0 Å². The van der Waals surface area contributed by atoms with E-state index in [1.807, 2.05) is 6.07 Å². The molecule has 0 aromatic heterocycles. The Labute approximate surface area is 121 Å². The van der Waals surface area contributed by atoms with Gasteiger partial charge in [-0.05, 0) is 19.0 Å². The van der Waals surface area contributed by atoms with Crippen LogP contribution in [0.25, 0.3) is 0 Å². The Hall–Kier alpha value is -1.10. The summed E-state index contributed by atoms with van der Waals surface area (Å²) < 4.78 is 5.44. The fourth-order valence-electron chi connectivity index (χ4n) is 3.31. The second kappa shape index (κ2) is 6.57. The van der Waals surface area contributed by atoms with E-state index in [1.165, 1.54) is 38.2 Å². The predicted molar refractivity (Wildman–Crippen MR) is 81.1 cm³/mol. The minimum atomic E-state index is 0.767. The molecule has 3 rings (SSSR count). The average Bonchev–Trinajstić information content (AvgIpc) is 3.03. The van der Waals surface area contributed by atoms with Crippen molar-refractivity contribution in [3.05, 3.63) is 29.8 Å². The number of hydrogen-bond acceptors (Lipinski definition) is 4. The van der Waals surface area contributed by atoms with Gasteiger partial charge in [0, 0.05) is 50.9 Å². The highest BCUT2D eigenvalue weighted by atomic mass is 16.5. The summed E-state index contributed by atoms with van der Waals surface area (Å²) in [5.41, 5.74) is 1.30. The zero-order chi connectivity index (χ0) is 13.8. The normalized spacial score (nSPS) is 24.9. The van der Waals surface area contributed by atoms with Crippen molar-refractivity contribution < 1.29 is 4.74 Å². The predicted octanol–water partition coefficient (Wildman–Crippen LogP) is 1.17. The van der Waals surface area contributed by atoms with Crippen molar-refractivity contribution in [2.24, 2.45) is 0 Å². The largest absolute Gasteiger partial charge is 0.496 e. The topological polar surface area (TPSA) is 27.7 Å². The van der Waals surface area contributed by atoms with E-state index in [0.29, 0.717) is 0 Å². The van der Waals surface area contributed by atoms with Crippen LogP contribution < -0.4 is 10.1 Å². The molecule has 0 saturated carbocycles. The first-order chi connectivity index (χ1) is 9.86. The molecule has 0 radical (unpaired) electrons. The number of para-hydroxylation sites is 1. The van der Waals surface area contributed by atoms with Crippen LogP contribution in [-0.2, 0) is 6.54 Å². The molecule has 2 saturated heterocycles. The van der Waals surface area contributed by atoms with Gasteiger partial charge in [-0.2, -0.15) is 0 Å². The Morgan fingerprint density at radius 3 is 2.70 bits per heavy atom. The lowest BCUT2D eigenvalue weighted by atomic mass is 10.1. The van der Waals surface area contributed by atoms with Gasteiger partial charge in [0.2, 0.25) is 0 Å². The summed E-state index contributed by atoms with van der Waals surface area (Å²) in [6.45, 7) is 8.07. The SMILES string of the molecule is COc1ccccc1CN1CCN(C2CCNC2)CC1. The van der Waals surface area contributed by atoms with Crippen molar-refractivity contribution in [2.45, 2.75) is 19.0 Å². The first-order valence-corrected chi connectivity index (χ1v) is 7.66. The van der Waals surface area contributed by atoms with Crippen LogP contribution in [-0.4, -0.2) is 62.2 Å². The molecule has 0 spiro atoms. The lowest BCUT2D eigenvalue weighted by Gasteiger charge is -2.37. The fraction of sp³-hybridized carbons (Fsp3) is 0.625. The van der Waals surface area contributed by atoms with Crippen molar-refractivity contribution in [1.82, 2.24) is 15.1 Å². The van der Waals surface area contributed by atoms with Gasteiger partial charge in [0.1, 0.15) is 5.75 Å². The molecule has 4 nitrogen and oxygen atoms in total. The molecule has 110 valence electrons. The average molecular weight is 275 g/mol. The molecule has 4 heteroatoms. The lowest BCUT2D eigenvalue weighted by Crippen LogP contribution is -2.50. The van der Waals surface area contributed by atoms with Crippen LogP contribution in [0.5, 0.6) is 5.75 Å². The summed E-state index contributed by atoms with van der Waals surface area (Å²) in [4.78, 5) is 5.19. The van der Waals surface area contributed by atoms with Gasteiger partial charge in [0.25, 0.3) is 0 Å². The number of ether oxygens (including phenoxy) is 1. The Morgan fingerprint density at radius 2 is 2.00 bits per heavy atom. The highest BCUT2D eigenvalue weighted by molar-refractivity contribution is 5.33. The van der Waals surface area contributed by atoms with Crippen molar-refractivity contribution in [3.63, 3.8) is 0 Å². The maximum absolute atomic E-state index is 5.44. The molecule has 2 heterocycles. The molecule has 0 amide bonds. The molecule has 2 aliphatic rings. The molecular weight excluding hydrogens is 250 g/mol. The molecule has 1 unspecified atom stereocenters. The molecular formula is C16H25N3O. The number of benzene rings is 1. The quantitative estimate of drug-likeness (QED) is 0.893. The van der Waals surface area contributed by atoms with Crippen molar-refractivity contribution >= 4 is 0 Å². The Morgan fingerprint density at radius 1 is 1.20 bits per heavy atom. The maximum atomic E-state index is 5.44. The lowest BCUT2D eigenvalue weighted by molar-refractivity contribution is 0.0976. The van der Waals surface area contributed by atoms with Gasteiger partial charge in [-0.25, -0.2) is 0 Å². The van der Waals surface area contributed by atoms with Crippen LogP contribution in [0.2, 0.25) is 0 Å². The van der Waals surface area contributed by atoms with Crippen LogP contribution in [0.4, 0.5) is 0 Å². The summed E-state index contributed by atoms with van der Waals surface area (Å²) in [5.74, 6) is 1.01. The standard InChI is InChI=1S/C16H25N3O/c1-20-16-5-3-2-4-14(16)13-18-8-10-19(11-9-18)15-6-7-17-12-15/h2-5,15,17H,6-13H2,1H3. The van der Waals surface area contributed by atoms with E-state index in [4.69, 9.17) is 4.74 Å². The smallest absolute Gasteiger partial charge is 0.123 e. The Balaban J connectivity index is 1.53. The van der Waals surface area contributed by atoms with Gasteiger partial charge < -0.3 is 10.1 Å². The molecule has 1 aromatic rings. The third-order valence-electron chi connectivity index (χ3n) is 4.54. The Kier molecular flexibility index (Phi) is 4.55. The summed E-state index contributed by atoms with van der Waals surface area (Å²) in [6, 6.07) is 9.12. The summed E-state index contributed by atoms with van der Waals surface area (Å²) in [7, 11) is 1.75. The van der Waals surface area contributed by atoms with Crippen LogP contribution >= 0.6 is 0 Å². The zero-order valence-corrected chi connectivity index (χ0v) is 12.3. The number of rotatable bonds is 4. The molecule has 0 bridgehead atoms. The van der Waals surface area contributed by atoms with Crippen LogP contribution in [0.15, 0.2) is 24.3 Å². The number of piperazine rings is 1. The van der Waals surface area contributed by atoms with E-state index in [-0.39, 0.29) is 0 Å². The van der Waals surface area contributed by atoms with E-state index in [1.54, 1.807) is 7.11 Å². The summed E-state index contributed by atoms with van der Waals surface area (Å²) >= 11 is 0. The van der Waals surface area contributed by atoms with E-state index in [0.717, 1.165) is 31.4 Å². The Bertz CT molecular complexity index is 423. The maximum Gasteiger partial charge on any atom is 0.123 e. The second-order valence-electron chi connectivity index (χ2n) is 5.77. The minimum Gasteiger partial charge on any atom is -0.496 e. The molecule has 20 heavy (non-hydrogen) atoms. The highest BCUT2D eigenvalue weighted by Crippen LogP contribution is 2.20. The van der Waals surface area contributed by atoms with Crippen LogP contribution in [0.1, 0.15) is 12.0 Å². The number of hydrogen-bond donors (Lipinski definition) is 1. The molecule has 2 aliphatic heterocycles. The summed E-state index contributed by atoms with van der Waals surface area (Å²) in [6.07, 6.45) is 1.31. The number of nitrogens with zero attached hydrogens (tertiary/aromatic N) is 2. The van der Waals surface area contributed by atoms with Crippen molar-refractivity contribution in [2.75, 3.05) is 46.4 Å². The van der Waals surface area contributed by atoms with Gasteiger partial charge in [-0.3, -0.25) is 9.80 Å². The van der Waals surface area contributed by atoms with Gasteiger partial charge in [0.05, 0.1) is 7.11 Å². The van der Waals surface area contributed by atoms with Crippen LogP contribution in [0.3, 0.4) is 0 Å². The monoisotopic (exact) mass is 275 g/mol. The molecule has 0 aliphatic carbocycles. The van der Waals surface area contributed by atoms with Gasteiger partial charge >= 0.3 is 0 Å². The third-order valence-corrected chi connectivity index (χ3v) is 4.54. The van der Waals surface area contributed by atoms with Gasteiger partial charge in [-0.15, -0.1) is 0 Å². The number of nitrogens with one attached hydrogen (secondary N) is 1. The first kappa shape index (κ1) is 13.9. The van der Waals surface area contributed by atoms with Crippen molar-refractivity contribution in [1.29, 1.82) is 0 Å². The highest BCUT2D eigenvalue weighted by Gasteiger charge is 2.26. The van der Waals surface area contributed by atoms with Crippen LogP contribution in [0, 0.1) is 0 Å². The first-order valence-electron chi connectivity index (χ1n) is 7.66. The molecule has 1 atom stereocenters. The molecule has 2 fully saturated rings. The minimum absolute atomic E-state index is 0.767. The zero-order valence-electron chi connectivity index (χ0n) is 12.3. The third kappa shape index (κ3) is 3.14. The fourth-order valence-corrected chi connectivity index (χ4v) is 3.31.